The van der Waals surface area contributed by atoms with E-state index in [0.717, 1.165) is 30.4 Å². The van der Waals surface area contributed by atoms with Crippen LogP contribution in [0.5, 0.6) is 0 Å². The fourth-order valence-corrected chi connectivity index (χ4v) is 2.21. The van der Waals surface area contributed by atoms with Gasteiger partial charge in [0.2, 0.25) is 0 Å². The summed E-state index contributed by atoms with van der Waals surface area (Å²) in [6.07, 6.45) is 6.71. The van der Waals surface area contributed by atoms with Crippen molar-refractivity contribution in [3.8, 4) is 0 Å². The Labute approximate surface area is 90.8 Å². The van der Waals surface area contributed by atoms with Gasteiger partial charge in [0, 0.05) is 0 Å². The maximum atomic E-state index is 10.7. The van der Waals surface area contributed by atoms with E-state index in [1.165, 1.54) is 0 Å². The molecule has 0 radical (unpaired) electrons. The van der Waals surface area contributed by atoms with Crippen LogP contribution in [0, 0.1) is 0 Å². The third-order valence-corrected chi connectivity index (χ3v) is 3.06. The SMILES string of the molecule is C=CC1=CCCC[C@]1(O)c1ccccc1. The lowest BCUT2D eigenvalue weighted by Gasteiger charge is -2.33. The van der Waals surface area contributed by atoms with Gasteiger partial charge in [-0.15, -0.1) is 0 Å². The van der Waals surface area contributed by atoms with Crippen molar-refractivity contribution in [3.63, 3.8) is 0 Å². The number of allylic oxidation sites excluding steroid dienone is 1. The average Bonchev–Trinajstić information content (AvgIpc) is 2.31. The van der Waals surface area contributed by atoms with Crippen LogP contribution in [0.25, 0.3) is 0 Å². The highest BCUT2D eigenvalue weighted by Gasteiger charge is 2.33. The Morgan fingerprint density at radius 3 is 2.67 bits per heavy atom. The summed E-state index contributed by atoms with van der Waals surface area (Å²) in [7, 11) is 0. The van der Waals surface area contributed by atoms with Crippen molar-refractivity contribution >= 4 is 0 Å². The number of hydrogen-bond acceptors (Lipinski definition) is 1. The lowest BCUT2D eigenvalue weighted by atomic mass is 9.78. The lowest BCUT2D eigenvalue weighted by molar-refractivity contribution is 0.0629. The van der Waals surface area contributed by atoms with Gasteiger partial charge in [0.05, 0.1) is 0 Å². The molecule has 0 saturated carbocycles. The van der Waals surface area contributed by atoms with Gasteiger partial charge in [-0.25, -0.2) is 0 Å². The number of rotatable bonds is 2. The van der Waals surface area contributed by atoms with E-state index in [9.17, 15) is 5.11 Å². The normalized spacial score (nSPS) is 25.8. The van der Waals surface area contributed by atoms with Crippen LogP contribution in [0.1, 0.15) is 24.8 Å². The summed E-state index contributed by atoms with van der Waals surface area (Å²) in [4.78, 5) is 0. The summed E-state index contributed by atoms with van der Waals surface area (Å²) in [5, 5.41) is 10.7. The zero-order valence-corrected chi connectivity index (χ0v) is 8.82. The van der Waals surface area contributed by atoms with Gasteiger partial charge >= 0.3 is 0 Å². The maximum Gasteiger partial charge on any atom is 0.114 e. The van der Waals surface area contributed by atoms with Crippen LogP contribution in [0.3, 0.4) is 0 Å². The van der Waals surface area contributed by atoms with Gasteiger partial charge in [-0.3, -0.25) is 0 Å². The van der Waals surface area contributed by atoms with Crippen LogP contribution in [0.15, 0.2) is 54.6 Å². The fourth-order valence-electron chi connectivity index (χ4n) is 2.21. The second-order valence-corrected chi connectivity index (χ2v) is 3.98. The van der Waals surface area contributed by atoms with Gasteiger partial charge < -0.3 is 5.11 Å². The third kappa shape index (κ3) is 1.75. The number of hydrogen-bond donors (Lipinski definition) is 1. The van der Waals surface area contributed by atoms with Crippen molar-refractivity contribution in [2.24, 2.45) is 0 Å². The van der Waals surface area contributed by atoms with E-state index in [2.05, 4.69) is 12.7 Å². The second-order valence-electron chi connectivity index (χ2n) is 3.98. The van der Waals surface area contributed by atoms with Gasteiger partial charge in [-0.05, 0) is 30.4 Å². The number of benzene rings is 1. The summed E-state index contributed by atoms with van der Waals surface area (Å²) in [6.45, 7) is 3.78. The molecule has 0 aromatic heterocycles. The highest BCUT2D eigenvalue weighted by molar-refractivity contribution is 5.39. The Morgan fingerprint density at radius 2 is 2.00 bits per heavy atom. The molecule has 1 aromatic rings. The molecule has 0 heterocycles. The first-order valence-corrected chi connectivity index (χ1v) is 5.38. The van der Waals surface area contributed by atoms with E-state index >= 15 is 0 Å². The minimum absolute atomic E-state index is 0.787. The molecule has 0 bridgehead atoms. The van der Waals surface area contributed by atoms with Crippen LogP contribution >= 0.6 is 0 Å². The molecule has 1 aromatic carbocycles. The molecule has 78 valence electrons. The molecule has 1 atom stereocenters. The van der Waals surface area contributed by atoms with Crippen LogP contribution in [-0.2, 0) is 5.60 Å². The fraction of sp³-hybridized carbons (Fsp3) is 0.286. The van der Waals surface area contributed by atoms with E-state index in [1.807, 2.05) is 30.3 Å². The molecule has 0 unspecified atom stereocenters. The van der Waals surface area contributed by atoms with E-state index in [1.54, 1.807) is 6.08 Å². The van der Waals surface area contributed by atoms with Crippen molar-refractivity contribution in [1.82, 2.24) is 0 Å². The molecule has 1 nitrogen and oxygen atoms in total. The Kier molecular flexibility index (Phi) is 2.74. The first kappa shape index (κ1) is 10.2. The minimum Gasteiger partial charge on any atom is -0.380 e. The molecule has 1 aliphatic rings. The van der Waals surface area contributed by atoms with E-state index in [4.69, 9.17) is 0 Å². The molecule has 0 fully saturated rings. The lowest BCUT2D eigenvalue weighted by Crippen LogP contribution is -2.29. The van der Waals surface area contributed by atoms with E-state index in [-0.39, 0.29) is 0 Å². The molecular formula is C14H16O. The first-order chi connectivity index (χ1) is 7.27. The molecule has 0 spiro atoms. The zero-order chi connectivity index (χ0) is 10.7. The first-order valence-electron chi connectivity index (χ1n) is 5.38. The summed E-state index contributed by atoms with van der Waals surface area (Å²) in [5.74, 6) is 0. The van der Waals surface area contributed by atoms with Crippen molar-refractivity contribution in [3.05, 3.63) is 60.2 Å². The van der Waals surface area contributed by atoms with Crippen molar-refractivity contribution in [1.29, 1.82) is 0 Å². The molecule has 0 amide bonds. The van der Waals surface area contributed by atoms with Crippen molar-refractivity contribution in [2.75, 3.05) is 0 Å². The Balaban J connectivity index is 2.45. The standard InChI is InChI=1S/C14H16O/c1-2-12-8-6-7-11-14(12,15)13-9-4-3-5-10-13/h2-5,8-10,15H,1,6-7,11H2/t14-/m1/s1. The number of aliphatic hydroxyl groups is 1. The zero-order valence-electron chi connectivity index (χ0n) is 8.82. The predicted molar refractivity (Wildman–Crippen MR) is 62.5 cm³/mol. The van der Waals surface area contributed by atoms with Crippen LogP contribution in [-0.4, -0.2) is 5.11 Å². The summed E-state index contributed by atoms with van der Waals surface area (Å²) in [5.41, 5.74) is 1.09. The van der Waals surface area contributed by atoms with Crippen molar-refractivity contribution in [2.45, 2.75) is 24.9 Å². The molecule has 1 N–H and O–H groups in total. The van der Waals surface area contributed by atoms with Gasteiger partial charge in [0.15, 0.2) is 0 Å². The molecule has 0 aliphatic heterocycles. The molecule has 1 heteroatoms. The van der Waals surface area contributed by atoms with Gasteiger partial charge in [0.25, 0.3) is 0 Å². The summed E-state index contributed by atoms with van der Waals surface area (Å²) >= 11 is 0. The van der Waals surface area contributed by atoms with Gasteiger partial charge in [-0.1, -0.05) is 49.1 Å². The monoisotopic (exact) mass is 200 g/mol. The Hall–Kier alpha value is -1.34. The summed E-state index contributed by atoms with van der Waals surface area (Å²) in [6, 6.07) is 9.84. The molecule has 2 rings (SSSR count). The smallest absolute Gasteiger partial charge is 0.114 e. The molecule has 15 heavy (non-hydrogen) atoms. The Bertz CT molecular complexity index is 378. The predicted octanol–water partition coefficient (Wildman–Crippen LogP) is 3.17. The summed E-state index contributed by atoms with van der Waals surface area (Å²) < 4.78 is 0. The van der Waals surface area contributed by atoms with E-state index in [0.29, 0.717) is 0 Å². The van der Waals surface area contributed by atoms with Gasteiger partial charge in [0.1, 0.15) is 5.60 Å². The average molecular weight is 200 g/mol. The quantitative estimate of drug-likeness (QED) is 0.777. The molecule has 1 aliphatic carbocycles. The van der Waals surface area contributed by atoms with Crippen LogP contribution in [0.4, 0.5) is 0 Å². The largest absolute Gasteiger partial charge is 0.380 e. The highest BCUT2D eigenvalue weighted by atomic mass is 16.3. The van der Waals surface area contributed by atoms with Crippen LogP contribution in [0.2, 0.25) is 0 Å². The van der Waals surface area contributed by atoms with Crippen LogP contribution < -0.4 is 0 Å². The molecule has 0 saturated heterocycles. The maximum absolute atomic E-state index is 10.7. The highest BCUT2D eigenvalue weighted by Crippen LogP contribution is 2.38. The van der Waals surface area contributed by atoms with E-state index < -0.39 is 5.60 Å². The topological polar surface area (TPSA) is 20.2 Å². The second kappa shape index (κ2) is 4.03. The third-order valence-electron chi connectivity index (χ3n) is 3.06. The minimum atomic E-state index is -0.818. The van der Waals surface area contributed by atoms with Gasteiger partial charge in [-0.2, -0.15) is 0 Å². The molecular weight excluding hydrogens is 184 g/mol. The van der Waals surface area contributed by atoms with Crippen molar-refractivity contribution < 1.29 is 5.11 Å². The Morgan fingerprint density at radius 1 is 1.27 bits per heavy atom.